The Morgan fingerprint density at radius 2 is 1.83 bits per heavy atom. The number of likely N-dealkylation sites (tertiary alicyclic amines) is 1. The van der Waals surface area contributed by atoms with Gasteiger partial charge >= 0.3 is 0 Å². The summed E-state index contributed by atoms with van der Waals surface area (Å²) in [6.07, 6.45) is 2.24. The van der Waals surface area contributed by atoms with E-state index in [1.165, 1.54) is 7.05 Å². The first kappa shape index (κ1) is 22.7. The van der Waals surface area contributed by atoms with Crippen molar-refractivity contribution in [2.75, 3.05) is 20.1 Å². The molecule has 2 aromatic rings. The van der Waals surface area contributed by atoms with Gasteiger partial charge in [-0.15, -0.1) is 0 Å². The van der Waals surface area contributed by atoms with E-state index in [1.807, 2.05) is 36.4 Å². The summed E-state index contributed by atoms with van der Waals surface area (Å²) in [5, 5.41) is 0.156. The molecule has 1 heterocycles. The number of primary amides is 1. The van der Waals surface area contributed by atoms with Gasteiger partial charge < -0.3 is 5.73 Å². The molecule has 3 N–H and O–H groups in total. The number of rotatable bonds is 8. The van der Waals surface area contributed by atoms with Crippen LogP contribution >= 0.6 is 11.6 Å². The van der Waals surface area contributed by atoms with Crippen LogP contribution in [0.2, 0.25) is 5.02 Å². The third-order valence-electron chi connectivity index (χ3n) is 6.12. The lowest BCUT2D eigenvalue weighted by Gasteiger charge is -2.45. The fourth-order valence-corrected chi connectivity index (χ4v) is 5.70. The number of hydrogen-bond donors (Lipinski definition) is 2. The molecule has 0 spiro atoms. The lowest BCUT2D eigenvalue weighted by atomic mass is 9.72. The van der Waals surface area contributed by atoms with Gasteiger partial charge in [0.25, 0.3) is 0 Å². The minimum absolute atomic E-state index is 0.0282. The smallest absolute Gasteiger partial charge is 0.241 e. The number of nitrogens with one attached hydrogen (secondary N) is 1. The maximum Gasteiger partial charge on any atom is 0.241 e. The molecule has 0 saturated carbocycles. The van der Waals surface area contributed by atoms with E-state index >= 15 is 0 Å². The first-order valence-electron chi connectivity index (χ1n) is 10.0. The lowest BCUT2D eigenvalue weighted by molar-refractivity contribution is -0.119. The van der Waals surface area contributed by atoms with E-state index in [-0.39, 0.29) is 22.3 Å². The first-order chi connectivity index (χ1) is 14.2. The Labute approximate surface area is 183 Å². The molecular weight excluding hydrogens is 422 g/mol. The number of nitrogens with two attached hydrogens (primary N) is 1. The molecule has 1 saturated heterocycles. The Balaban J connectivity index is 2.24. The van der Waals surface area contributed by atoms with Crippen molar-refractivity contribution in [3.8, 4) is 0 Å². The molecule has 6 nitrogen and oxygen atoms in total. The van der Waals surface area contributed by atoms with Crippen molar-refractivity contribution >= 4 is 27.5 Å². The van der Waals surface area contributed by atoms with Crippen molar-refractivity contribution in [1.29, 1.82) is 0 Å². The molecule has 30 heavy (non-hydrogen) atoms. The third-order valence-corrected chi connectivity index (χ3v) is 8.02. The van der Waals surface area contributed by atoms with Crippen LogP contribution in [0.3, 0.4) is 0 Å². The quantitative estimate of drug-likeness (QED) is 0.647. The second kappa shape index (κ2) is 9.06. The summed E-state index contributed by atoms with van der Waals surface area (Å²) in [6.45, 7) is 3.78. The number of carbonyl (C=O) groups is 1. The molecule has 0 radical (unpaired) electrons. The van der Waals surface area contributed by atoms with Crippen molar-refractivity contribution in [1.82, 2.24) is 9.62 Å². The molecule has 2 atom stereocenters. The molecule has 3 rings (SSSR count). The Kier molecular flexibility index (Phi) is 6.87. The van der Waals surface area contributed by atoms with Crippen molar-refractivity contribution < 1.29 is 13.2 Å². The predicted octanol–water partition coefficient (Wildman–Crippen LogP) is 3.22. The summed E-state index contributed by atoms with van der Waals surface area (Å²) in [5.41, 5.74) is 6.80. The van der Waals surface area contributed by atoms with Crippen molar-refractivity contribution in [3.05, 3.63) is 64.7 Å². The molecule has 2 aromatic carbocycles. The summed E-state index contributed by atoms with van der Waals surface area (Å²) in [6, 6.07) is 14.9. The predicted molar refractivity (Wildman–Crippen MR) is 119 cm³/mol. The van der Waals surface area contributed by atoms with Gasteiger partial charge in [-0.2, -0.15) is 0 Å². The fraction of sp³-hybridized carbons (Fsp3) is 0.409. The van der Waals surface area contributed by atoms with Crippen LogP contribution in [0, 0.1) is 0 Å². The van der Waals surface area contributed by atoms with E-state index in [9.17, 15) is 13.2 Å². The van der Waals surface area contributed by atoms with Crippen molar-refractivity contribution in [3.63, 3.8) is 0 Å². The Bertz CT molecular complexity index is 1010. The summed E-state index contributed by atoms with van der Waals surface area (Å²) < 4.78 is 27.5. The van der Waals surface area contributed by atoms with Crippen LogP contribution in [0.25, 0.3) is 0 Å². The monoisotopic (exact) mass is 449 g/mol. The SMILES string of the molecule is CNS(=O)(=O)c1cc(C(C)(C(CC(N)=O)c2ccccc2)N2CCCC2)ccc1Cl. The highest BCUT2D eigenvalue weighted by Gasteiger charge is 2.44. The van der Waals surface area contributed by atoms with Gasteiger partial charge in [-0.1, -0.05) is 48.0 Å². The summed E-state index contributed by atoms with van der Waals surface area (Å²) in [4.78, 5) is 14.4. The normalized spacial score (nSPS) is 18.1. The van der Waals surface area contributed by atoms with Gasteiger partial charge in [-0.25, -0.2) is 13.1 Å². The number of halogens is 1. The molecule has 1 aliphatic rings. The maximum atomic E-state index is 12.6. The van der Waals surface area contributed by atoms with E-state index in [0.29, 0.717) is 0 Å². The Morgan fingerprint density at radius 3 is 2.40 bits per heavy atom. The van der Waals surface area contributed by atoms with Gasteiger partial charge in [0.2, 0.25) is 15.9 Å². The highest BCUT2D eigenvalue weighted by Crippen LogP contribution is 2.46. The minimum atomic E-state index is -3.74. The van der Waals surface area contributed by atoms with E-state index < -0.39 is 21.5 Å². The van der Waals surface area contributed by atoms with E-state index in [1.54, 1.807) is 12.1 Å². The highest BCUT2D eigenvalue weighted by molar-refractivity contribution is 7.89. The van der Waals surface area contributed by atoms with Gasteiger partial charge in [0.1, 0.15) is 4.90 Å². The summed E-state index contributed by atoms with van der Waals surface area (Å²) in [7, 11) is -2.38. The van der Waals surface area contributed by atoms with E-state index in [4.69, 9.17) is 17.3 Å². The van der Waals surface area contributed by atoms with E-state index in [2.05, 4.69) is 16.5 Å². The van der Waals surface area contributed by atoms with Crippen molar-refractivity contribution in [2.24, 2.45) is 5.73 Å². The molecule has 2 unspecified atom stereocenters. The lowest BCUT2D eigenvalue weighted by Crippen LogP contribution is -2.48. The number of benzene rings is 2. The van der Waals surface area contributed by atoms with E-state index in [0.717, 1.165) is 37.1 Å². The van der Waals surface area contributed by atoms with Gasteiger partial charge in [-0.05, 0) is 63.2 Å². The minimum Gasteiger partial charge on any atom is -0.370 e. The van der Waals surface area contributed by atoms with Crippen LogP contribution < -0.4 is 10.5 Å². The third kappa shape index (κ3) is 4.39. The molecule has 1 aliphatic heterocycles. The zero-order chi connectivity index (χ0) is 21.9. The molecule has 0 bridgehead atoms. The van der Waals surface area contributed by atoms with Gasteiger partial charge in [0, 0.05) is 12.3 Å². The molecule has 0 aliphatic carbocycles. The zero-order valence-corrected chi connectivity index (χ0v) is 18.8. The van der Waals surface area contributed by atoms with Crippen LogP contribution in [0.5, 0.6) is 0 Å². The Morgan fingerprint density at radius 1 is 1.20 bits per heavy atom. The van der Waals surface area contributed by atoms with Crippen LogP contribution in [-0.4, -0.2) is 39.4 Å². The topological polar surface area (TPSA) is 92.5 Å². The summed E-state index contributed by atoms with van der Waals surface area (Å²) in [5.74, 6) is -0.646. The van der Waals surface area contributed by atoms with Gasteiger partial charge in [-0.3, -0.25) is 9.69 Å². The summed E-state index contributed by atoms with van der Waals surface area (Å²) >= 11 is 6.24. The maximum absolute atomic E-state index is 12.6. The largest absolute Gasteiger partial charge is 0.370 e. The number of nitrogens with zero attached hydrogens (tertiary/aromatic N) is 1. The Hall–Kier alpha value is -1.93. The molecule has 1 amide bonds. The van der Waals surface area contributed by atoms with Crippen LogP contribution in [0.4, 0.5) is 0 Å². The number of sulfonamides is 1. The standard InChI is InChI=1S/C22H28ClN3O3S/c1-22(26-12-6-7-13-26,18(15-21(24)27)16-8-4-3-5-9-16)17-10-11-19(23)20(14-17)30(28,29)25-2/h3-5,8-11,14,18,25H,6-7,12-13,15H2,1-2H3,(H2,24,27). The van der Waals surface area contributed by atoms with Crippen LogP contribution in [-0.2, 0) is 20.4 Å². The van der Waals surface area contributed by atoms with Crippen molar-refractivity contribution in [2.45, 2.75) is 42.5 Å². The number of hydrogen-bond acceptors (Lipinski definition) is 4. The molecule has 1 fully saturated rings. The van der Waals surface area contributed by atoms with Crippen LogP contribution in [0.1, 0.15) is 43.2 Å². The van der Waals surface area contributed by atoms with Gasteiger partial charge in [0.05, 0.1) is 10.6 Å². The zero-order valence-electron chi connectivity index (χ0n) is 17.3. The van der Waals surface area contributed by atoms with Gasteiger partial charge in [0.15, 0.2) is 0 Å². The average molecular weight is 450 g/mol. The molecular formula is C22H28ClN3O3S. The first-order valence-corrected chi connectivity index (χ1v) is 11.9. The average Bonchev–Trinajstić information content (AvgIpc) is 3.27. The molecule has 162 valence electrons. The number of amides is 1. The second-order valence-corrected chi connectivity index (χ2v) is 10.1. The second-order valence-electron chi connectivity index (χ2n) is 7.83. The molecule has 0 aromatic heterocycles. The van der Waals surface area contributed by atoms with Crippen LogP contribution in [0.15, 0.2) is 53.4 Å². The highest BCUT2D eigenvalue weighted by atomic mass is 35.5. The number of carbonyl (C=O) groups excluding carboxylic acids is 1. The molecule has 8 heteroatoms. The fourth-order valence-electron chi connectivity index (χ4n) is 4.45.